The Labute approximate surface area is 310 Å². The molecule has 0 amide bonds. The van der Waals surface area contributed by atoms with Crippen molar-refractivity contribution in [3.8, 4) is 69.0 Å². The highest BCUT2D eigenvalue weighted by atomic mass is 16.6. The number of benzene rings is 4. The molecule has 0 aromatic heterocycles. The molecule has 0 aliphatic rings. The summed E-state index contributed by atoms with van der Waals surface area (Å²) >= 11 is 0. The van der Waals surface area contributed by atoms with E-state index in [1.807, 2.05) is 0 Å². The van der Waals surface area contributed by atoms with E-state index in [4.69, 9.17) is 18.9 Å². The molecule has 296 valence electrons. The van der Waals surface area contributed by atoms with Crippen molar-refractivity contribution in [2.45, 2.75) is 24.4 Å². The van der Waals surface area contributed by atoms with E-state index in [1.54, 1.807) is 0 Å². The summed E-state index contributed by atoms with van der Waals surface area (Å²) in [7, 11) is 0. The van der Waals surface area contributed by atoms with Crippen molar-refractivity contribution in [3.05, 3.63) is 70.8 Å². The number of aliphatic hydroxyl groups is 1. The van der Waals surface area contributed by atoms with E-state index in [2.05, 4.69) is 0 Å². The summed E-state index contributed by atoms with van der Waals surface area (Å²) in [4.78, 5) is 65.9. The van der Waals surface area contributed by atoms with Crippen LogP contribution in [0.5, 0.6) is 69.0 Å². The molecule has 22 nitrogen and oxygen atoms in total. The van der Waals surface area contributed by atoms with Crippen LogP contribution in [-0.4, -0.2) is 128 Å². The average Bonchev–Trinajstić information content (AvgIpc) is 3.15. The first kappa shape index (κ1) is 40.8. The number of aromatic hydroxyl groups is 12. The molecule has 4 aromatic carbocycles. The molecular formula is C34H28O22. The predicted octanol–water partition coefficient (Wildman–Crippen LogP) is 0.547. The van der Waals surface area contributed by atoms with Crippen LogP contribution in [0, 0.1) is 0 Å². The molecule has 0 aliphatic heterocycles. The number of aldehydes is 1. The minimum absolute atomic E-state index is 0.271. The van der Waals surface area contributed by atoms with Gasteiger partial charge in [0.25, 0.3) is 0 Å². The zero-order valence-corrected chi connectivity index (χ0v) is 27.7. The van der Waals surface area contributed by atoms with Gasteiger partial charge in [0.2, 0.25) is 0 Å². The van der Waals surface area contributed by atoms with Crippen molar-refractivity contribution < 1.29 is 109 Å². The van der Waals surface area contributed by atoms with E-state index >= 15 is 0 Å². The quantitative estimate of drug-likeness (QED) is 0.0380. The number of carbonyl (C=O) groups is 5. The number of hydrogen-bond acceptors (Lipinski definition) is 22. The lowest BCUT2D eigenvalue weighted by molar-refractivity contribution is -0.142. The normalized spacial score (nSPS) is 13.0. The highest BCUT2D eigenvalue weighted by Crippen LogP contribution is 2.39. The van der Waals surface area contributed by atoms with Gasteiger partial charge < -0.3 is 85.3 Å². The third-order valence-corrected chi connectivity index (χ3v) is 7.54. The first-order valence-corrected chi connectivity index (χ1v) is 15.2. The van der Waals surface area contributed by atoms with E-state index in [-0.39, 0.29) is 6.29 Å². The van der Waals surface area contributed by atoms with E-state index in [0.29, 0.717) is 48.5 Å². The third-order valence-electron chi connectivity index (χ3n) is 7.54. The summed E-state index contributed by atoms with van der Waals surface area (Å²) in [6.07, 6.45) is -10.4. The van der Waals surface area contributed by atoms with Crippen molar-refractivity contribution in [2.24, 2.45) is 0 Å². The molecule has 4 rings (SSSR count). The van der Waals surface area contributed by atoms with Crippen LogP contribution in [0.25, 0.3) is 0 Å². The van der Waals surface area contributed by atoms with Crippen molar-refractivity contribution in [1.82, 2.24) is 0 Å². The predicted molar refractivity (Wildman–Crippen MR) is 176 cm³/mol. The van der Waals surface area contributed by atoms with Gasteiger partial charge in [-0.2, -0.15) is 0 Å². The molecule has 0 fully saturated rings. The monoisotopic (exact) mass is 788 g/mol. The summed E-state index contributed by atoms with van der Waals surface area (Å²) in [6.45, 7) is -1.46. The van der Waals surface area contributed by atoms with Crippen molar-refractivity contribution in [1.29, 1.82) is 0 Å². The lowest BCUT2D eigenvalue weighted by Crippen LogP contribution is -2.53. The van der Waals surface area contributed by atoms with Gasteiger partial charge in [0, 0.05) is 0 Å². The van der Waals surface area contributed by atoms with Crippen molar-refractivity contribution >= 4 is 30.2 Å². The van der Waals surface area contributed by atoms with Gasteiger partial charge in [-0.15, -0.1) is 0 Å². The molecule has 0 spiro atoms. The van der Waals surface area contributed by atoms with Gasteiger partial charge >= 0.3 is 23.9 Å². The number of carbonyl (C=O) groups excluding carboxylic acids is 5. The summed E-state index contributed by atoms with van der Waals surface area (Å²) in [5.74, 6) is -19.6. The van der Waals surface area contributed by atoms with E-state index in [9.17, 15) is 90.4 Å². The number of esters is 4. The van der Waals surface area contributed by atoms with Crippen LogP contribution in [0.15, 0.2) is 48.5 Å². The van der Waals surface area contributed by atoms with Crippen LogP contribution >= 0.6 is 0 Å². The lowest BCUT2D eigenvalue weighted by atomic mass is 10.0. The number of phenols is 12. The zero-order valence-electron chi connectivity index (χ0n) is 27.7. The van der Waals surface area contributed by atoms with Gasteiger partial charge in [0.05, 0.1) is 28.9 Å². The van der Waals surface area contributed by atoms with E-state index in [1.165, 1.54) is 0 Å². The summed E-state index contributed by atoms with van der Waals surface area (Å²) < 4.78 is 20.9. The van der Waals surface area contributed by atoms with Crippen LogP contribution in [-0.2, 0) is 23.7 Å². The number of aliphatic hydroxyl groups excluding tert-OH is 1. The van der Waals surface area contributed by atoms with E-state index in [0.717, 1.165) is 0 Å². The second-order valence-corrected chi connectivity index (χ2v) is 11.3. The Morgan fingerprint density at radius 2 is 0.679 bits per heavy atom. The molecule has 0 bridgehead atoms. The topological polar surface area (TPSA) is 385 Å². The van der Waals surface area contributed by atoms with Crippen LogP contribution in [0.1, 0.15) is 41.4 Å². The SMILES string of the molecule is O=C[C@H](OC(=O)c1cc(O)c(O)c(O)c1)[C@@H](OC(=O)c1cc(O)c(O)c(O)c1)[C@H](OC(=O)c1cc(O)c(O)c(O)c1)[C@@H](CO)OC(=O)c1cc(O)c(O)c(O)c1. The molecule has 4 aromatic rings. The Bertz CT molecular complexity index is 2120. The lowest BCUT2D eigenvalue weighted by Gasteiger charge is -2.34. The maximum absolute atomic E-state index is 13.5. The summed E-state index contributed by atoms with van der Waals surface area (Å²) in [5.41, 5.74) is -3.15. The Kier molecular flexibility index (Phi) is 11.9. The van der Waals surface area contributed by atoms with Crippen molar-refractivity contribution in [3.63, 3.8) is 0 Å². The third kappa shape index (κ3) is 8.61. The fourth-order valence-corrected chi connectivity index (χ4v) is 4.72. The Balaban J connectivity index is 1.89. The zero-order chi connectivity index (χ0) is 41.8. The van der Waals surface area contributed by atoms with Gasteiger partial charge in [-0.25, -0.2) is 19.2 Å². The van der Waals surface area contributed by atoms with Gasteiger partial charge in [-0.1, -0.05) is 0 Å². The standard InChI is InChI=1S/C34H28O22/c35-9-23(53-31(49)11-1-15(37)25(45)16(38)2-11)29(55-33(51)13-5-19(41)27(47)20(42)6-13)30(56-34(52)14-7-21(43)28(48)22(44)8-14)24(10-36)54-32(50)12-3-17(39)26(46)18(40)4-12/h1-9,23-24,29-30,36-48H,10H2/t23-,24+,29+,30+/m0/s1. The number of phenolic OH excluding ortho intramolecular Hbond substituents is 12. The first-order valence-electron chi connectivity index (χ1n) is 15.2. The second kappa shape index (κ2) is 16.3. The fraction of sp³-hybridized carbons (Fsp3) is 0.147. The maximum atomic E-state index is 13.5. The molecule has 0 saturated heterocycles. The van der Waals surface area contributed by atoms with Crippen molar-refractivity contribution in [2.75, 3.05) is 6.61 Å². The summed E-state index contributed by atoms with van der Waals surface area (Å²) in [5, 5.41) is 129. The Morgan fingerprint density at radius 3 is 0.946 bits per heavy atom. The molecule has 0 radical (unpaired) electrons. The second-order valence-electron chi connectivity index (χ2n) is 11.3. The molecule has 56 heavy (non-hydrogen) atoms. The smallest absolute Gasteiger partial charge is 0.339 e. The van der Waals surface area contributed by atoms with Gasteiger partial charge in [-0.3, -0.25) is 4.79 Å². The van der Waals surface area contributed by atoms with Gasteiger partial charge in [0.1, 0.15) is 0 Å². The molecule has 22 heteroatoms. The van der Waals surface area contributed by atoms with Gasteiger partial charge in [-0.05, 0) is 48.5 Å². The van der Waals surface area contributed by atoms with E-state index < -0.39 is 146 Å². The van der Waals surface area contributed by atoms with Crippen LogP contribution < -0.4 is 0 Å². The number of hydrogen-bond donors (Lipinski definition) is 13. The van der Waals surface area contributed by atoms with Crippen LogP contribution in [0.2, 0.25) is 0 Å². The minimum atomic E-state index is -2.63. The van der Waals surface area contributed by atoms with Crippen LogP contribution in [0.4, 0.5) is 0 Å². The average molecular weight is 789 g/mol. The maximum Gasteiger partial charge on any atom is 0.339 e. The largest absolute Gasteiger partial charge is 0.504 e. The molecule has 0 aliphatic carbocycles. The minimum Gasteiger partial charge on any atom is -0.504 e. The molecule has 13 N–H and O–H groups in total. The highest BCUT2D eigenvalue weighted by molar-refractivity contribution is 5.94. The highest BCUT2D eigenvalue weighted by Gasteiger charge is 2.45. The Hall–Kier alpha value is -8.01. The molecule has 0 saturated carbocycles. The number of ether oxygens (including phenoxy) is 4. The van der Waals surface area contributed by atoms with Crippen LogP contribution in [0.3, 0.4) is 0 Å². The number of rotatable bonds is 13. The fourth-order valence-electron chi connectivity index (χ4n) is 4.72. The molecular weight excluding hydrogens is 760 g/mol. The molecule has 4 atom stereocenters. The van der Waals surface area contributed by atoms with Gasteiger partial charge in [0.15, 0.2) is 99.7 Å². The first-order chi connectivity index (χ1) is 26.3. The Morgan fingerprint density at radius 1 is 0.429 bits per heavy atom. The summed E-state index contributed by atoms with van der Waals surface area (Å²) in [6, 6.07) is 4.32. The molecule has 0 heterocycles. The molecule has 0 unspecified atom stereocenters.